The molecule has 0 spiro atoms. The SMILES string of the molecule is C[NH2+]CCN1C(=O)[C@@H](C)S[C@@H]1c1cccc(C(F)(F)F)c1. The predicted octanol–water partition coefficient (Wildman–Crippen LogP) is 1.86. The molecule has 2 atom stereocenters. The molecule has 116 valence electrons. The fraction of sp³-hybridized carbons (Fsp3) is 0.500. The minimum Gasteiger partial charge on any atom is -0.347 e. The minimum absolute atomic E-state index is 0.00994. The predicted molar refractivity (Wildman–Crippen MR) is 75.7 cm³/mol. The first-order valence-corrected chi connectivity index (χ1v) is 7.69. The van der Waals surface area contributed by atoms with Gasteiger partial charge in [-0.15, -0.1) is 11.8 Å². The molecule has 21 heavy (non-hydrogen) atoms. The standard InChI is InChI=1S/C14H17F3N2OS/c1-9-12(20)19(7-6-18-2)13(21-9)10-4-3-5-11(8-10)14(15,16)17/h3-5,8-9,13,18H,6-7H2,1-2H3/p+1/t9-,13-/m1/s1. The lowest BCUT2D eigenvalue weighted by atomic mass is 10.1. The van der Waals surface area contributed by atoms with Crippen molar-refractivity contribution in [2.45, 2.75) is 23.7 Å². The highest BCUT2D eigenvalue weighted by molar-refractivity contribution is 8.01. The van der Waals surface area contributed by atoms with E-state index in [1.54, 1.807) is 17.9 Å². The number of likely N-dealkylation sites (N-methyl/N-ethyl adjacent to an activating group) is 1. The smallest absolute Gasteiger partial charge is 0.347 e. The molecular formula is C14H18F3N2OS+. The maximum atomic E-state index is 12.8. The molecule has 7 heteroatoms. The molecule has 0 aromatic heterocycles. The summed E-state index contributed by atoms with van der Waals surface area (Å²) in [5.74, 6) is -0.00994. The van der Waals surface area contributed by atoms with Crippen molar-refractivity contribution in [1.82, 2.24) is 4.90 Å². The average molecular weight is 319 g/mol. The van der Waals surface area contributed by atoms with Gasteiger partial charge in [-0.3, -0.25) is 4.79 Å². The summed E-state index contributed by atoms with van der Waals surface area (Å²) < 4.78 is 38.4. The molecule has 2 rings (SSSR count). The van der Waals surface area contributed by atoms with Crippen molar-refractivity contribution in [1.29, 1.82) is 0 Å². The molecule has 0 saturated carbocycles. The van der Waals surface area contributed by atoms with Gasteiger partial charge in [-0.2, -0.15) is 13.2 Å². The number of hydrogen-bond acceptors (Lipinski definition) is 2. The number of hydrogen-bond donors (Lipinski definition) is 1. The lowest BCUT2D eigenvalue weighted by molar-refractivity contribution is -0.626. The van der Waals surface area contributed by atoms with Crippen LogP contribution >= 0.6 is 11.8 Å². The number of halogens is 3. The minimum atomic E-state index is -4.36. The van der Waals surface area contributed by atoms with Gasteiger partial charge in [0.15, 0.2) is 0 Å². The maximum absolute atomic E-state index is 12.8. The highest BCUT2D eigenvalue weighted by atomic mass is 32.2. The number of rotatable bonds is 4. The van der Waals surface area contributed by atoms with E-state index in [-0.39, 0.29) is 16.5 Å². The Balaban J connectivity index is 2.29. The zero-order valence-electron chi connectivity index (χ0n) is 11.9. The highest BCUT2D eigenvalue weighted by Gasteiger charge is 2.39. The maximum Gasteiger partial charge on any atom is 0.416 e. The van der Waals surface area contributed by atoms with E-state index in [4.69, 9.17) is 0 Å². The largest absolute Gasteiger partial charge is 0.416 e. The van der Waals surface area contributed by atoms with E-state index in [2.05, 4.69) is 0 Å². The van der Waals surface area contributed by atoms with E-state index in [1.165, 1.54) is 17.8 Å². The molecule has 3 nitrogen and oxygen atoms in total. The molecule has 1 saturated heterocycles. The Labute approximate surface area is 125 Å². The topological polar surface area (TPSA) is 36.9 Å². The summed E-state index contributed by atoms with van der Waals surface area (Å²) in [5.41, 5.74) is -0.141. The van der Waals surface area contributed by atoms with Gasteiger partial charge in [0, 0.05) is 0 Å². The average Bonchev–Trinajstić information content (AvgIpc) is 2.72. The number of benzene rings is 1. The molecule has 2 N–H and O–H groups in total. The second-order valence-corrected chi connectivity index (χ2v) is 6.41. The molecule has 1 amide bonds. The summed E-state index contributed by atoms with van der Waals surface area (Å²) in [5, 5.41) is 1.39. The molecule has 0 bridgehead atoms. The van der Waals surface area contributed by atoms with Crippen molar-refractivity contribution < 1.29 is 23.3 Å². The first kappa shape index (κ1) is 16.2. The molecule has 1 aromatic carbocycles. The van der Waals surface area contributed by atoms with Crippen molar-refractivity contribution in [3.05, 3.63) is 35.4 Å². The van der Waals surface area contributed by atoms with Gasteiger partial charge in [0.25, 0.3) is 0 Å². The Morgan fingerprint density at radius 2 is 2.10 bits per heavy atom. The number of thioether (sulfide) groups is 1. The quantitative estimate of drug-likeness (QED) is 0.920. The highest BCUT2D eigenvalue weighted by Crippen LogP contribution is 2.43. The number of quaternary nitrogens is 1. The third-order valence-corrected chi connectivity index (χ3v) is 4.80. The monoisotopic (exact) mass is 319 g/mol. The van der Waals surface area contributed by atoms with Crippen LogP contribution in [-0.2, 0) is 11.0 Å². The fourth-order valence-corrected chi connectivity index (χ4v) is 3.60. The van der Waals surface area contributed by atoms with E-state index in [1.807, 2.05) is 12.4 Å². The number of carbonyl (C=O) groups excluding carboxylic acids is 1. The van der Waals surface area contributed by atoms with Crippen LogP contribution in [-0.4, -0.2) is 36.2 Å². The van der Waals surface area contributed by atoms with E-state index >= 15 is 0 Å². The zero-order chi connectivity index (χ0) is 15.6. The molecule has 1 aliphatic rings. The molecule has 0 aliphatic carbocycles. The van der Waals surface area contributed by atoms with Gasteiger partial charge < -0.3 is 10.2 Å². The Morgan fingerprint density at radius 3 is 2.71 bits per heavy atom. The van der Waals surface area contributed by atoms with Crippen LogP contribution in [0.15, 0.2) is 24.3 Å². The number of carbonyl (C=O) groups is 1. The molecule has 1 heterocycles. The van der Waals surface area contributed by atoms with Gasteiger partial charge in [0.1, 0.15) is 5.37 Å². The van der Waals surface area contributed by atoms with Crippen LogP contribution in [0.1, 0.15) is 23.4 Å². The van der Waals surface area contributed by atoms with Gasteiger partial charge in [-0.1, -0.05) is 12.1 Å². The number of nitrogens with zero attached hydrogens (tertiary/aromatic N) is 1. The van der Waals surface area contributed by atoms with E-state index < -0.39 is 11.7 Å². The summed E-state index contributed by atoms with van der Waals surface area (Å²) in [6.45, 7) is 3.06. The van der Waals surface area contributed by atoms with Crippen molar-refractivity contribution in [2.75, 3.05) is 20.1 Å². The van der Waals surface area contributed by atoms with Crippen LogP contribution in [0, 0.1) is 0 Å². The Bertz CT molecular complexity index is 521. The lowest BCUT2D eigenvalue weighted by Crippen LogP contribution is -2.81. The third-order valence-electron chi connectivity index (χ3n) is 3.40. The molecule has 1 fully saturated rings. The first-order valence-electron chi connectivity index (χ1n) is 6.75. The lowest BCUT2D eigenvalue weighted by Gasteiger charge is -2.23. The zero-order valence-corrected chi connectivity index (χ0v) is 12.7. The summed E-state index contributed by atoms with van der Waals surface area (Å²) >= 11 is 1.40. The van der Waals surface area contributed by atoms with E-state index in [9.17, 15) is 18.0 Å². The molecular weight excluding hydrogens is 301 g/mol. The normalized spacial score (nSPS) is 22.9. The fourth-order valence-electron chi connectivity index (χ4n) is 2.30. The van der Waals surface area contributed by atoms with Gasteiger partial charge in [-0.05, 0) is 24.6 Å². The van der Waals surface area contributed by atoms with Gasteiger partial charge in [-0.25, -0.2) is 0 Å². The van der Waals surface area contributed by atoms with Gasteiger partial charge >= 0.3 is 6.18 Å². The second kappa shape index (κ2) is 6.27. The molecule has 0 unspecified atom stereocenters. The molecule has 1 aliphatic heterocycles. The van der Waals surface area contributed by atoms with Crippen molar-refractivity contribution in [3.63, 3.8) is 0 Å². The Kier molecular flexibility index (Phi) is 4.83. The summed E-state index contributed by atoms with van der Waals surface area (Å²) in [6, 6.07) is 5.25. The second-order valence-electron chi connectivity index (χ2n) is 4.98. The Hall–Kier alpha value is -1.21. The molecule has 1 aromatic rings. The number of nitrogens with two attached hydrogens (primary N) is 1. The van der Waals surface area contributed by atoms with Crippen molar-refractivity contribution in [2.24, 2.45) is 0 Å². The molecule has 0 radical (unpaired) electrons. The van der Waals surface area contributed by atoms with Gasteiger partial charge in [0.2, 0.25) is 5.91 Å². The van der Waals surface area contributed by atoms with Crippen LogP contribution in [0.25, 0.3) is 0 Å². The summed E-state index contributed by atoms with van der Waals surface area (Å²) in [7, 11) is 1.90. The van der Waals surface area contributed by atoms with Crippen LogP contribution < -0.4 is 5.32 Å². The van der Waals surface area contributed by atoms with E-state index in [0.29, 0.717) is 12.1 Å². The van der Waals surface area contributed by atoms with Crippen molar-refractivity contribution in [3.8, 4) is 0 Å². The first-order chi connectivity index (χ1) is 9.84. The summed E-state index contributed by atoms with van der Waals surface area (Å²) in [4.78, 5) is 13.8. The Morgan fingerprint density at radius 1 is 1.38 bits per heavy atom. The van der Waals surface area contributed by atoms with Crippen LogP contribution in [0.2, 0.25) is 0 Å². The van der Waals surface area contributed by atoms with E-state index in [0.717, 1.165) is 18.7 Å². The van der Waals surface area contributed by atoms with Crippen LogP contribution in [0.5, 0.6) is 0 Å². The number of amides is 1. The third kappa shape index (κ3) is 3.52. The van der Waals surface area contributed by atoms with Crippen LogP contribution in [0.4, 0.5) is 13.2 Å². The number of alkyl halides is 3. The summed E-state index contributed by atoms with van der Waals surface area (Å²) in [6.07, 6.45) is -4.36. The van der Waals surface area contributed by atoms with Crippen LogP contribution in [0.3, 0.4) is 0 Å². The van der Waals surface area contributed by atoms with Crippen molar-refractivity contribution >= 4 is 17.7 Å². The van der Waals surface area contributed by atoms with Gasteiger partial charge in [0.05, 0.1) is 31.0 Å².